The van der Waals surface area contributed by atoms with E-state index in [1.165, 1.54) is 4.68 Å². The summed E-state index contributed by atoms with van der Waals surface area (Å²) < 4.78 is 45.1. The van der Waals surface area contributed by atoms with Crippen molar-refractivity contribution < 1.29 is 22.7 Å². The summed E-state index contributed by atoms with van der Waals surface area (Å²) >= 11 is 0. The molecule has 168 valence electrons. The van der Waals surface area contributed by atoms with Crippen LogP contribution in [0, 0.1) is 6.92 Å². The van der Waals surface area contributed by atoms with Crippen molar-refractivity contribution in [1.29, 1.82) is 0 Å². The number of amides is 1. The average molecular weight is 446 g/mol. The van der Waals surface area contributed by atoms with E-state index in [0.29, 0.717) is 43.9 Å². The SMILES string of the molecule is Cc1nn(-c2ccccc2N2CCOCC2)c(N)c1C(=O)Nc1ccc(C(F)(F)F)cn1. The van der Waals surface area contributed by atoms with Gasteiger partial charge in [-0.2, -0.15) is 18.3 Å². The molecule has 4 rings (SSSR count). The fraction of sp³-hybridized carbons (Fsp3) is 0.286. The molecule has 3 heterocycles. The normalized spacial score (nSPS) is 14.4. The number of anilines is 3. The lowest BCUT2D eigenvalue weighted by Crippen LogP contribution is -2.36. The number of halogens is 3. The molecule has 11 heteroatoms. The van der Waals surface area contributed by atoms with Gasteiger partial charge in [-0.3, -0.25) is 4.79 Å². The molecule has 0 aliphatic carbocycles. The molecule has 0 bridgehead atoms. The van der Waals surface area contributed by atoms with Gasteiger partial charge in [-0.05, 0) is 31.2 Å². The van der Waals surface area contributed by atoms with Gasteiger partial charge < -0.3 is 20.7 Å². The highest BCUT2D eigenvalue weighted by Crippen LogP contribution is 2.31. The zero-order valence-corrected chi connectivity index (χ0v) is 17.2. The average Bonchev–Trinajstić information content (AvgIpc) is 3.08. The molecular formula is C21H21F3N6O2. The Morgan fingerprint density at radius 2 is 1.81 bits per heavy atom. The van der Waals surface area contributed by atoms with E-state index in [-0.39, 0.29) is 17.2 Å². The molecule has 0 atom stereocenters. The summed E-state index contributed by atoms with van der Waals surface area (Å²) in [6.07, 6.45) is -3.85. The van der Waals surface area contributed by atoms with Crippen molar-refractivity contribution in [3.8, 4) is 5.69 Å². The molecule has 0 saturated carbocycles. The Morgan fingerprint density at radius 1 is 1.12 bits per heavy atom. The number of nitrogens with one attached hydrogen (secondary N) is 1. The van der Waals surface area contributed by atoms with Gasteiger partial charge >= 0.3 is 6.18 Å². The first-order valence-corrected chi connectivity index (χ1v) is 9.87. The van der Waals surface area contributed by atoms with E-state index >= 15 is 0 Å². The van der Waals surface area contributed by atoms with Crippen LogP contribution < -0.4 is 16.0 Å². The lowest BCUT2D eigenvalue weighted by atomic mass is 10.2. The molecule has 1 aliphatic heterocycles. The number of nitrogens with zero attached hydrogens (tertiary/aromatic N) is 4. The maximum Gasteiger partial charge on any atom is 0.417 e. The van der Waals surface area contributed by atoms with Crippen molar-refractivity contribution in [3.63, 3.8) is 0 Å². The third-order valence-corrected chi connectivity index (χ3v) is 5.12. The molecule has 1 saturated heterocycles. The van der Waals surface area contributed by atoms with Crippen molar-refractivity contribution in [3.05, 3.63) is 59.4 Å². The highest BCUT2D eigenvalue weighted by molar-refractivity contribution is 6.08. The first-order valence-electron chi connectivity index (χ1n) is 9.87. The number of para-hydroxylation sites is 2. The highest BCUT2D eigenvalue weighted by atomic mass is 19.4. The maximum atomic E-state index is 12.8. The minimum absolute atomic E-state index is 0.0248. The van der Waals surface area contributed by atoms with Gasteiger partial charge in [-0.15, -0.1) is 0 Å². The summed E-state index contributed by atoms with van der Waals surface area (Å²) in [7, 11) is 0. The molecule has 32 heavy (non-hydrogen) atoms. The summed E-state index contributed by atoms with van der Waals surface area (Å²) in [6.45, 7) is 4.28. The third kappa shape index (κ3) is 4.24. The van der Waals surface area contributed by atoms with Crippen LogP contribution in [0.2, 0.25) is 0 Å². The molecule has 3 N–H and O–H groups in total. The zero-order chi connectivity index (χ0) is 22.9. The number of aryl methyl sites for hydroxylation is 1. The molecule has 1 aromatic carbocycles. The summed E-state index contributed by atoms with van der Waals surface area (Å²) in [4.78, 5) is 18.7. The number of carbonyl (C=O) groups is 1. The predicted octanol–water partition coefficient (Wildman–Crippen LogP) is 3.27. The van der Waals surface area contributed by atoms with E-state index in [4.69, 9.17) is 10.5 Å². The minimum atomic E-state index is -4.51. The minimum Gasteiger partial charge on any atom is -0.383 e. The number of hydrogen-bond donors (Lipinski definition) is 2. The Kier molecular flexibility index (Phi) is 5.74. The quantitative estimate of drug-likeness (QED) is 0.639. The Labute approximate surface area is 181 Å². The van der Waals surface area contributed by atoms with Crippen LogP contribution in [0.5, 0.6) is 0 Å². The van der Waals surface area contributed by atoms with Crippen LogP contribution in [-0.2, 0) is 10.9 Å². The Morgan fingerprint density at radius 3 is 2.44 bits per heavy atom. The smallest absolute Gasteiger partial charge is 0.383 e. The standard InChI is InChI=1S/C21H21F3N6O2/c1-13-18(20(31)27-17-7-6-14(12-26-17)21(22,23)24)19(25)30(28-13)16-5-3-2-4-15(16)29-8-10-32-11-9-29/h2-7,12H,8-11,25H2,1H3,(H,26,27,31). The van der Waals surface area contributed by atoms with E-state index in [0.717, 1.165) is 17.8 Å². The van der Waals surface area contributed by atoms with Gasteiger partial charge in [0.1, 0.15) is 17.2 Å². The van der Waals surface area contributed by atoms with Gasteiger partial charge in [0, 0.05) is 19.3 Å². The zero-order valence-electron chi connectivity index (χ0n) is 17.2. The monoisotopic (exact) mass is 446 g/mol. The topological polar surface area (TPSA) is 98.3 Å². The number of morpholine rings is 1. The molecule has 1 fully saturated rings. The van der Waals surface area contributed by atoms with Crippen LogP contribution in [0.4, 0.5) is 30.5 Å². The lowest BCUT2D eigenvalue weighted by molar-refractivity contribution is -0.137. The number of nitrogen functional groups attached to an aromatic ring is 1. The second-order valence-electron chi connectivity index (χ2n) is 7.23. The third-order valence-electron chi connectivity index (χ3n) is 5.12. The fourth-order valence-electron chi connectivity index (χ4n) is 3.54. The van der Waals surface area contributed by atoms with Gasteiger partial charge in [0.25, 0.3) is 5.91 Å². The highest BCUT2D eigenvalue weighted by Gasteiger charge is 2.31. The van der Waals surface area contributed by atoms with Crippen LogP contribution in [0.25, 0.3) is 5.69 Å². The first-order chi connectivity index (χ1) is 15.3. The number of carbonyl (C=O) groups excluding carboxylic acids is 1. The van der Waals surface area contributed by atoms with Crippen LogP contribution in [-0.4, -0.2) is 47.0 Å². The van der Waals surface area contributed by atoms with Crippen molar-refractivity contribution in [2.75, 3.05) is 42.3 Å². The molecule has 3 aromatic rings. The number of nitrogens with two attached hydrogens (primary N) is 1. The number of benzene rings is 1. The molecule has 0 radical (unpaired) electrons. The summed E-state index contributed by atoms with van der Waals surface area (Å²) in [5, 5.41) is 6.93. The van der Waals surface area contributed by atoms with Gasteiger partial charge in [-0.1, -0.05) is 12.1 Å². The van der Waals surface area contributed by atoms with Gasteiger partial charge in [-0.25, -0.2) is 9.67 Å². The van der Waals surface area contributed by atoms with Crippen molar-refractivity contribution >= 4 is 23.2 Å². The van der Waals surface area contributed by atoms with Crippen molar-refractivity contribution in [2.24, 2.45) is 0 Å². The number of ether oxygens (including phenoxy) is 1. The second kappa shape index (κ2) is 8.50. The molecule has 8 nitrogen and oxygen atoms in total. The van der Waals surface area contributed by atoms with Gasteiger partial charge in [0.05, 0.1) is 35.8 Å². The van der Waals surface area contributed by atoms with E-state index in [1.54, 1.807) is 6.92 Å². The van der Waals surface area contributed by atoms with E-state index < -0.39 is 17.6 Å². The van der Waals surface area contributed by atoms with Crippen molar-refractivity contribution in [1.82, 2.24) is 14.8 Å². The van der Waals surface area contributed by atoms with Crippen LogP contribution in [0.15, 0.2) is 42.6 Å². The molecule has 2 aromatic heterocycles. The Hall–Kier alpha value is -3.60. The van der Waals surface area contributed by atoms with E-state index in [9.17, 15) is 18.0 Å². The van der Waals surface area contributed by atoms with Crippen LogP contribution in [0.1, 0.15) is 21.6 Å². The molecular weight excluding hydrogens is 425 g/mol. The molecule has 1 aliphatic rings. The largest absolute Gasteiger partial charge is 0.417 e. The summed E-state index contributed by atoms with van der Waals surface area (Å²) in [6, 6.07) is 9.49. The number of alkyl halides is 3. The molecule has 1 amide bonds. The van der Waals surface area contributed by atoms with E-state index in [1.807, 2.05) is 24.3 Å². The maximum absolute atomic E-state index is 12.8. The molecule has 0 spiro atoms. The van der Waals surface area contributed by atoms with Gasteiger partial charge in [0.2, 0.25) is 0 Å². The Bertz CT molecular complexity index is 1120. The van der Waals surface area contributed by atoms with Crippen LogP contribution >= 0.6 is 0 Å². The van der Waals surface area contributed by atoms with Crippen LogP contribution in [0.3, 0.4) is 0 Å². The second-order valence-corrected chi connectivity index (χ2v) is 7.23. The van der Waals surface area contributed by atoms with E-state index in [2.05, 4.69) is 20.3 Å². The molecule has 0 unspecified atom stereocenters. The Balaban J connectivity index is 1.62. The summed E-state index contributed by atoms with van der Waals surface area (Å²) in [5.41, 5.74) is 7.51. The first kappa shape index (κ1) is 21.6. The fourth-order valence-corrected chi connectivity index (χ4v) is 3.54. The van der Waals surface area contributed by atoms with Crippen molar-refractivity contribution in [2.45, 2.75) is 13.1 Å². The number of rotatable bonds is 4. The number of aromatic nitrogens is 3. The number of pyridine rings is 1. The lowest BCUT2D eigenvalue weighted by Gasteiger charge is -2.30. The van der Waals surface area contributed by atoms with Gasteiger partial charge in [0.15, 0.2) is 0 Å². The predicted molar refractivity (Wildman–Crippen MR) is 113 cm³/mol. The number of hydrogen-bond acceptors (Lipinski definition) is 6. The summed E-state index contributed by atoms with van der Waals surface area (Å²) in [5.74, 6) is -0.516.